The average Bonchev–Trinajstić information content (AvgIpc) is 2.59. The van der Waals surface area contributed by atoms with Gasteiger partial charge >= 0.3 is 7.32 Å². The van der Waals surface area contributed by atoms with Gasteiger partial charge in [-0.25, -0.2) is 0 Å². The van der Waals surface area contributed by atoms with Gasteiger partial charge in [-0.05, 0) is 6.07 Å². The van der Waals surface area contributed by atoms with E-state index in [1.165, 1.54) is 14.2 Å². The predicted octanol–water partition coefficient (Wildman–Crippen LogP) is 1.07. The molecule has 0 saturated carbocycles. The van der Waals surface area contributed by atoms with E-state index in [0.717, 1.165) is 5.56 Å². The van der Waals surface area contributed by atoms with E-state index in [1.807, 2.05) is 6.07 Å². The maximum Gasteiger partial charge on any atom is 0.639 e. The monoisotopic (exact) mass is 170 g/mol. The van der Waals surface area contributed by atoms with Crippen LogP contribution in [0.5, 0.6) is 0 Å². The van der Waals surface area contributed by atoms with Crippen molar-refractivity contribution in [1.82, 2.24) is 0 Å². The number of hydrogen-bond acceptors (Lipinski definition) is 4. The highest BCUT2D eigenvalue weighted by Crippen LogP contribution is 2.03. The Morgan fingerprint density at radius 1 is 1.42 bits per heavy atom. The summed E-state index contributed by atoms with van der Waals surface area (Å²) >= 11 is 0. The Morgan fingerprint density at radius 2 is 2.17 bits per heavy atom. The SMILES string of the molecule is COB(OC)OCc1ccoc1. The molecule has 0 amide bonds. The molecule has 0 aromatic carbocycles. The van der Waals surface area contributed by atoms with E-state index in [1.54, 1.807) is 12.5 Å². The van der Waals surface area contributed by atoms with Crippen LogP contribution in [0.4, 0.5) is 0 Å². The van der Waals surface area contributed by atoms with Crippen LogP contribution in [0, 0.1) is 0 Å². The molecule has 0 unspecified atom stereocenters. The zero-order chi connectivity index (χ0) is 8.81. The maximum absolute atomic E-state index is 5.18. The summed E-state index contributed by atoms with van der Waals surface area (Å²) in [6, 6.07) is 1.82. The molecule has 1 aromatic rings. The van der Waals surface area contributed by atoms with Crippen molar-refractivity contribution in [2.45, 2.75) is 6.61 Å². The molecule has 0 atom stereocenters. The minimum Gasteiger partial charge on any atom is -0.472 e. The van der Waals surface area contributed by atoms with Crippen molar-refractivity contribution < 1.29 is 18.4 Å². The van der Waals surface area contributed by atoms with E-state index < -0.39 is 7.32 Å². The molecule has 1 rings (SSSR count). The summed E-state index contributed by atoms with van der Waals surface area (Å²) in [6.45, 7) is 0.419. The van der Waals surface area contributed by atoms with Crippen molar-refractivity contribution in [3.8, 4) is 0 Å². The Labute approximate surface area is 71.6 Å². The predicted molar refractivity (Wildman–Crippen MR) is 43.3 cm³/mol. The fourth-order valence-electron chi connectivity index (χ4n) is 0.771. The van der Waals surface area contributed by atoms with Gasteiger partial charge in [-0.3, -0.25) is 0 Å². The van der Waals surface area contributed by atoms with E-state index in [4.69, 9.17) is 18.4 Å². The maximum atomic E-state index is 5.18. The van der Waals surface area contributed by atoms with Gasteiger partial charge in [0.25, 0.3) is 0 Å². The Balaban J connectivity index is 2.25. The van der Waals surface area contributed by atoms with Crippen molar-refractivity contribution in [3.05, 3.63) is 24.2 Å². The number of rotatable bonds is 5. The van der Waals surface area contributed by atoms with Gasteiger partial charge in [-0.1, -0.05) is 0 Å². The standard InChI is InChI=1S/C7H11BO4/c1-9-8(10-2)12-6-7-3-4-11-5-7/h3-5H,6H2,1-2H3. The van der Waals surface area contributed by atoms with Crippen LogP contribution in [0.15, 0.2) is 23.0 Å². The van der Waals surface area contributed by atoms with E-state index in [0.29, 0.717) is 6.61 Å². The van der Waals surface area contributed by atoms with Crippen molar-refractivity contribution in [3.63, 3.8) is 0 Å². The average molecular weight is 170 g/mol. The molecule has 1 aromatic heterocycles. The molecule has 1 heterocycles. The highest BCUT2D eigenvalue weighted by Gasteiger charge is 2.16. The molecule has 4 nitrogen and oxygen atoms in total. The van der Waals surface area contributed by atoms with Crippen LogP contribution in [0.25, 0.3) is 0 Å². The van der Waals surface area contributed by atoms with Crippen LogP contribution in [-0.4, -0.2) is 21.5 Å². The third-order valence-electron chi connectivity index (χ3n) is 1.35. The fourth-order valence-corrected chi connectivity index (χ4v) is 0.771. The second-order valence-corrected chi connectivity index (χ2v) is 2.20. The first-order valence-corrected chi connectivity index (χ1v) is 3.55. The lowest BCUT2D eigenvalue weighted by molar-refractivity contribution is 0.128. The highest BCUT2D eigenvalue weighted by molar-refractivity contribution is 6.36. The zero-order valence-corrected chi connectivity index (χ0v) is 7.15. The lowest BCUT2D eigenvalue weighted by atomic mass is 10.2. The summed E-state index contributed by atoms with van der Waals surface area (Å²) in [5.74, 6) is 0. The first-order valence-electron chi connectivity index (χ1n) is 3.55. The van der Waals surface area contributed by atoms with Crippen LogP contribution in [-0.2, 0) is 20.6 Å². The molecular formula is C7H11BO4. The first kappa shape index (κ1) is 9.31. The van der Waals surface area contributed by atoms with E-state index >= 15 is 0 Å². The molecule has 0 spiro atoms. The second-order valence-electron chi connectivity index (χ2n) is 2.20. The van der Waals surface area contributed by atoms with Crippen molar-refractivity contribution >= 4 is 7.32 Å². The van der Waals surface area contributed by atoms with Gasteiger partial charge in [-0.2, -0.15) is 0 Å². The molecule has 0 fully saturated rings. The first-order chi connectivity index (χ1) is 5.86. The molecule has 0 N–H and O–H groups in total. The topological polar surface area (TPSA) is 40.8 Å². The normalized spacial score (nSPS) is 10.2. The molecule has 0 bridgehead atoms. The molecule has 0 aliphatic carbocycles. The van der Waals surface area contributed by atoms with Gasteiger partial charge in [-0.15, -0.1) is 0 Å². The lowest BCUT2D eigenvalue weighted by Crippen LogP contribution is -2.23. The third-order valence-corrected chi connectivity index (χ3v) is 1.35. The smallest absolute Gasteiger partial charge is 0.472 e. The summed E-state index contributed by atoms with van der Waals surface area (Å²) < 4.78 is 19.7. The summed E-state index contributed by atoms with van der Waals surface area (Å²) in [5.41, 5.74) is 0.953. The van der Waals surface area contributed by atoms with E-state index in [2.05, 4.69) is 0 Å². The van der Waals surface area contributed by atoms with Crippen molar-refractivity contribution in [2.24, 2.45) is 0 Å². The Kier molecular flexibility index (Phi) is 3.86. The summed E-state index contributed by atoms with van der Waals surface area (Å²) in [7, 11) is 2.42. The highest BCUT2D eigenvalue weighted by atomic mass is 16.7. The Hall–Kier alpha value is -0.775. The quantitative estimate of drug-likeness (QED) is 0.619. The molecule has 12 heavy (non-hydrogen) atoms. The molecule has 0 radical (unpaired) electrons. The number of furan rings is 1. The zero-order valence-electron chi connectivity index (χ0n) is 7.15. The van der Waals surface area contributed by atoms with Crippen LogP contribution in [0.3, 0.4) is 0 Å². The van der Waals surface area contributed by atoms with Gasteiger partial charge in [0, 0.05) is 19.8 Å². The van der Waals surface area contributed by atoms with Gasteiger partial charge in [0.15, 0.2) is 0 Å². The summed E-state index contributed by atoms with van der Waals surface area (Å²) in [5, 5.41) is 0. The molecule has 5 heteroatoms. The Morgan fingerprint density at radius 3 is 2.67 bits per heavy atom. The second kappa shape index (κ2) is 4.98. The summed E-state index contributed by atoms with van der Waals surface area (Å²) in [6.07, 6.45) is 3.20. The van der Waals surface area contributed by atoms with E-state index in [-0.39, 0.29) is 0 Å². The van der Waals surface area contributed by atoms with Crippen LogP contribution < -0.4 is 0 Å². The summed E-state index contributed by atoms with van der Waals surface area (Å²) in [4.78, 5) is 0. The Bertz CT molecular complexity index is 195. The van der Waals surface area contributed by atoms with Crippen molar-refractivity contribution in [1.29, 1.82) is 0 Å². The number of hydrogen-bond donors (Lipinski definition) is 0. The minimum atomic E-state index is -0.611. The third kappa shape index (κ3) is 2.69. The van der Waals surface area contributed by atoms with Gasteiger partial charge in [0.05, 0.1) is 19.1 Å². The van der Waals surface area contributed by atoms with Gasteiger partial charge in [0.2, 0.25) is 0 Å². The molecule has 0 aliphatic rings. The van der Waals surface area contributed by atoms with Crippen LogP contribution in [0.2, 0.25) is 0 Å². The molecule has 0 saturated heterocycles. The van der Waals surface area contributed by atoms with Crippen LogP contribution in [0.1, 0.15) is 5.56 Å². The van der Waals surface area contributed by atoms with Gasteiger partial charge < -0.3 is 18.4 Å². The van der Waals surface area contributed by atoms with Gasteiger partial charge in [0.1, 0.15) is 0 Å². The lowest BCUT2D eigenvalue weighted by Gasteiger charge is -2.06. The molecule has 0 aliphatic heterocycles. The van der Waals surface area contributed by atoms with E-state index in [9.17, 15) is 0 Å². The van der Waals surface area contributed by atoms with Crippen LogP contribution >= 0.6 is 0 Å². The molecular weight excluding hydrogens is 159 g/mol. The fraction of sp³-hybridized carbons (Fsp3) is 0.429. The molecule has 66 valence electrons. The van der Waals surface area contributed by atoms with Crippen molar-refractivity contribution in [2.75, 3.05) is 14.2 Å². The largest absolute Gasteiger partial charge is 0.639 e. The minimum absolute atomic E-state index is 0.419.